The van der Waals surface area contributed by atoms with E-state index >= 15 is 0 Å². The summed E-state index contributed by atoms with van der Waals surface area (Å²) >= 11 is 0. The monoisotopic (exact) mass is 164 g/mol. The second-order valence-electron chi connectivity index (χ2n) is 2.12. The third-order valence-electron chi connectivity index (χ3n) is 1.09. The van der Waals surface area contributed by atoms with Gasteiger partial charge in [-0.2, -0.15) is 0 Å². The largest absolute Gasteiger partial charge is 0.363 e. The van der Waals surface area contributed by atoms with Crippen LogP contribution in [-0.4, -0.2) is 17.6 Å². The van der Waals surface area contributed by atoms with E-state index in [0.717, 1.165) is 0 Å². The molecular formula is C8H8N2O2. The van der Waals surface area contributed by atoms with Crippen molar-refractivity contribution in [2.75, 3.05) is 6.54 Å². The highest BCUT2D eigenvalue weighted by Crippen LogP contribution is 1.90. The first-order chi connectivity index (χ1) is 5.79. The minimum atomic E-state index is -0.0883. The Kier molecular flexibility index (Phi) is 2.91. The topological polar surface area (TPSA) is 55.1 Å². The fourth-order valence-electron chi connectivity index (χ4n) is 0.582. The van der Waals surface area contributed by atoms with Crippen LogP contribution in [-0.2, 0) is 4.79 Å². The third-order valence-corrected chi connectivity index (χ3v) is 1.09. The maximum absolute atomic E-state index is 10.4. The smallest absolute Gasteiger partial charge is 0.217 e. The van der Waals surface area contributed by atoms with E-state index in [9.17, 15) is 4.79 Å². The predicted molar refractivity (Wildman–Crippen MR) is 42.1 cm³/mol. The molecule has 0 saturated heterocycles. The van der Waals surface area contributed by atoms with Crippen molar-refractivity contribution < 1.29 is 9.32 Å². The van der Waals surface area contributed by atoms with Crippen molar-refractivity contribution in [1.29, 1.82) is 0 Å². The first-order valence-corrected chi connectivity index (χ1v) is 3.42. The van der Waals surface area contributed by atoms with Gasteiger partial charge in [0, 0.05) is 6.92 Å². The number of carbonyl (C=O) groups is 1. The van der Waals surface area contributed by atoms with Crippen molar-refractivity contribution in [3.8, 4) is 11.8 Å². The molecule has 1 N–H and O–H groups in total. The molecule has 0 aliphatic rings. The van der Waals surface area contributed by atoms with Crippen LogP contribution in [0.4, 0.5) is 0 Å². The number of aromatic nitrogens is 1. The Balaban J connectivity index is 2.35. The van der Waals surface area contributed by atoms with Gasteiger partial charge in [0.2, 0.25) is 5.91 Å². The molecule has 62 valence electrons. The summed E-state index contributed by atoms with van der Waals surface area (Å²) < 4.78 is 4.55. The zero-order valence-electron chi connectivity index (χ0n) is 6.63. The predicted octanol–water partition coefficient (Wildman–Crippen LogP) is 0.162. The van der Waals surface area contributed by atoms with Crippen molar-refractivity contribution in [1.82, 2.24) is 10.5 Å². The molecule has 0 atom stereocenters. The molecular weight excluding hydrogens is 156 g/mol. The molecule has 0 spiro atoms. The molecule has 0 fully saturated rings. The Bertz CT molecular complexity index is 306. The second kappa shape index (κ2) is 4.19. The lowest BCUT2D eigenvalue weighted by molar-refractivity contribution is -0.118. The molecule has 0 aliphatic carbocycles. The summed E-state index contributed by atoms with van der Waals surface area (Å²) in [5.74, 6) is 5.41. The Morgan fingerprint density at radius 2 is 2.67 bits per heavy atom. The molecule has 0 unspecified atom stereocenters. The molecule has 4 nitrogen and oxygen atoms in total. The zero-order chi connectivity index (χ0) is 8.81. The zero-order valence-corrected chi connectivity index (χ0v) is 6.63. The van der Waals surface area contributed by atoms with Crippen LogP contribution in [0.15, 0.2) is 17.0 Å². The first kappa shape index (κ1) is 8.34. The van der Waals surface area contributed by atoms with Crippen LogP contribution >= 0.6 is 0 Å². The first-order valence-electron chi connectivity index (χ1n) is 3.42. The summed E-state index contributed by atoms with van der Waals surface area (Å²) in [5, 5.41) is 6.02. The number of amides is 1. The van der Waals surface area contributed by atoms with Crippen LogP contribution in [0.25, 0.3) is 0 Å². The SMILES string of the molecule is CC(=O)NCC#Cc1cnoc1. The molecule has 12 heavy (non-hydrogen) atoms. The van der Waals surface area contributed by atoms with Gasteiger partial charge in [0.15, 0.2) is 0 Å². The number of carbonyl (C=O) groups excluding carboxylic acids is 1. The summed E-state index contributed by atoms with van der Waals surface area (Å²) in [5.41, 5.74) is 0.709. The molecule has 0 radical (unpaired) electrons. The van der Waals surface area contributed by atoms with E-state index in [1.54, 1.807) is 0 Å². The summed E-state index contributed by atoms with van der Waals surface area (Å²) in [7, 11) is 0. The highest BCUT2D eigenvalue weighted by molar-refractivity contribution is 5.73. The second-order valence-corrected chi connectivity index (χ2v) is 2.12. The van der Waals surface area contributed by atoms with Crippen LogP contribution in [0.2, 0.25) is 0 Å². The van der Waals surface area contributed by atoms with E-state index in [1.165, 1.54) is 19.4 Å². The molecule has 1 heterocycles. The minimum absolute atomic E-state index is 0.0883. The third kappa shape index (κ3) is 2.88. The number of nitrogens with zero attached hydrogens (tertiary/aromatic N) is 1. The van der Waals surface area contributed by atoms with Crippen molar-refractivity contribution in [3.63, 3.8) is 0 Å². The highest BCUT2D eigenvalue weighted by atomic mass is 16.5. The maximum Gasteiger partial charge on any atom is 0.217 e. The quantitative estimate of drug-likeness (QED) is 0.601. The van der Waals surface area contributed by atoms with E-state index < -0.39 is 0 Å². The molecule has 1 rings (SSSR count). The number of hydrogen-bond acceptors (Lipinski definition) is 3. The number of nitrogens with one attached hydrogen (secondary N) is 1. The summed E-state index contributed by atoms with van der Waals surface area (Å²) in [4.78, 5) is 10.4. The molecule has 0 aromatic carbocycles. The molecule has 4 heteroatoms. The standard InChI is InChI=1S/C8H8N2O2/c1-7(11)9-4-2-3-8-5-10-12-6-8/h5-6H,4H2,1H3,(H,9,11). The van der Waals surface area contributed by atoms with Crippen molar-refractivity contribution in [2.24, 2.45) is 0 Å². The van der Waals surface area contributed by atoms with Gasteiger partial charge in [0.1, 0.15) is 6.26 Å². The average molecular weight is 164 g/mol. The Labute approximate surface area is 69.9 Å². The van der Waals surface area contributed by atoms with Gasteiger partial charge >= 0.3 is 0 Å². The number of rotatable bonds is 1. The van der Waals surface area contributed by atoms with Crippen LogP contribution in [0.3, 0.4) is 0 Å². The molecule has 0 bridgehead atoms. The van der Waals surface area contributed by atoms with Gasteiger partial charge in [0.05, 0.1) is 18.3 Å². The maximum atomic E-state index is 10.4. The summed E-state index contributed by atoms with van der Waals surface area (Å²) in [6.45, 7) is 1.79. The van der Waals surface area contributed by atoms with Crippen LogP contribution in [0.5, 0.6) is 0 Å². The summed E-state index contributed by atoms with van der Waals surface area (Å²) in [6, 6.07) is 0. The fourth-order valence-corrected chi connectivity index (χ4v) is 0.582. The van der Waals surface area contributed by atoms with Gasteiger partial charge in [-0.1, -0.05) is 17.0 Å². The molecule has 0 saturated carbocycles. The van der Waals surface area contributed by atoms with Crippen molar-refractivity contribution in [2.45, 2.75) is 6.92 Å². The lowest BCUT2D eigenvalue weighted by atomic mass is 10.4. The van der Waals surface area contributed by atoms with Gasteiger partial charge < -0.3 is 9.84 Å². The van der Waals surface area contributed by atoms with Crippen molar-refractivity contribution in [3.05, 3.63) is 18.0 Å². The lowest BCUT2D eigenvalue weighted by Gasteiger charge is -1.89. The molecule has 1 aromatic heterocycles. The van der Waals surface area contributed by atoms with Crippen molar-refractivity contribution >= 4 is 5.91 Å². The molecule has 1 amide bonds. The average Bonchev–Trinajstić information content (AvgIpc) is 2.49. The normalized spacial score (nSPS) is 8.42. The van der Waals surface area contributed by atoms with Gasteiger partial charge in [0.25, 0.3) is 0 Å². The fraction of sp³-hybridized carbons (Fsp3) is 0.250. The van der Waals surface area contributed by atoms with Gasteiger partial charge in [-0.15, -0.1) is 0 Å². The van der Waals surface area contributed by atoms with E-state index in [4.69, 9.17) is 0 Å². The van der Waals surface area contributed by atoms with Gasteiger partial charge in [-0.25, -0.2) is 0 Å². The van der Waals surface area contributed by atoms with E-state index in [1.807, 2.05) is 0 Å². The van der Waals surface area contributed by atoms with E-state index in [-0.39, 0.29) is 5.91 Å². The number of hydrogen-bond donors (Lipinski definition) is 1. The van der Waals surface area contributed by atoms with Gasteiger partial charge in [-0.05, 0) is 0 Å². The molecule has 0 aliphatic heterocycles. The minimum Gasteiger partial charge on any atom is -0.363 e. The van der Waals surface area contributed by atoms with Crippen LogP contribution < -0.4 is 5.32 Å². The summed E-state index contributed by atoms with van der Waals surface area (Å²) in [6.07, 6.45) is 2.96. The van der Waals surface area contributed by atoms with Crippen LogP contribution in [0, 0.1) is 11.8 Å². The van der Waals surface area contributed by atoms with E-state index in [0.29, 0.717) is 12.1 Å². The molecule has 1 aromatic rings. The van der Waals surface area contributed by atoms with Crippen LogP contribution in [0.1, 0.15) is 12.5 Å². The van der Waals surface area contributed by atoms with Gasteiger partial charge in [-0.3, -0.25) is 4.79 Å². The Morgan fingerprint density at radius 3 is 3.25 bits per heavy atom. The Hall–Kier alpha value is -1.76. The highest BCUT2D eigenvalue weighted by Gasteiger charge is 1.87. The lowest BCUT2D eigenvalue weighted by Crippen LogP contribution is -2.19. The van der Waals surface area contributed by atoms with E-state index in [2.05, 4.69) is 26.8 Å². The Morgan fingerprint density at radius 1 is 1.83 bits per heavy atom.